The lowest BCUT2D eigenvalue weighted by Crippen LogP contribution is -2.19. The van der Waals surface area contributed by atoms with Crippen molar-refractivity contribution in [1.82, 2.24) is 20.2 Å². The van der Waals surface area contributed by atoms with Gasteiger partial charge in [0.2, 0.25) is 0 Å². The Balaban J connectivity index is 1.76. The van der Waals surface area contributed by atoms with Crippen molar-refractivity contribution in [3.8, 4) is 22.9 Å². The monoisotopic (exact) mass is 417 g/mol. The van der Waals surface area contributed by atoms with Gasteiger partial charge in [-0.05, 0) is 34.7 Å². The van der Waals surface area contributed by atoms with Crippen molar-refractivity contribution >= 4 is 23.4 Å². The Kier molecular flexibility index (Phi) is 5.75. The first-order valence-corrected chi connectivity index (χ1v) is 9.32. The van der Waals surface area contributed by atoms with Crippen LogP contribution in [0.3, 0.4) is 0 Å². The molecule has 0 bridgehead atoms. The predicted molar refractivity (Wildman–Crippen MR) is 114 cm³/mol. The van der Waals surface area contributed by atoms with Crippen LogP contribution in [-0.2, 0) is 4.79 Å². The van der Waals surface area contributed by atoms with Crippen LogP contribution in [0.4, 0.5) is 5.69 Å². The van der Waals surface area contributed by atoms with Gasteiger partial charge < -0.3 is 19.2 Å². The number of hydrogen-bond acceptors (Lipinski definition) is 7. The molecule has 9 heteroatoms. The molecule has 0 spiro atoms. The third-order valence-corrected chi connectivity index (χ3v) is 4.44. The molecule has 0 atom stereocenters. The maximum absolute atomic E-state index is 13.4. The first-order valence-electron chi connectivity index (χ1n) is 9.32. The number of anilines is 1. The van der Waals surface area contributed by atoms with Gasteiger partial charge in [-0.15, -0.1) is 5.10 Å². The zero-order valence-electron chi connectivity index (χ0n) is 16.9. The molecule has 156 valence electrons. The molecule has 2 aromatic carbocycles. The lowest BCUT2D eigenvalue weighted by Gasteiger charge is -2.14. The Hall–Kier alpha value is -4.40. The topological polar surface area (TPSA) is 104 Å². The average molecular weight is 417 g/mol. The van der Waals surface area contributed by atoms with Crippen LogP contribution in [0, 0.1) is 0 Å². The van der Waals surface area contributed by atoms with E-state index in [1.54, 1.807) is 43.5 Å². The van der Waals surface area contributed by atoms with E-state index >= 15 is 0 Å². The molecule has 4 rings (SSSR count). The summed E-state index contributed by atoms with van der Waals surface area (Å²) in [6.07, 6.45) is 3.08. The van der Waals surface area contributed by atoms with Crippen molar-refractivity contribution in [1.29, 1.82) is 0 Å². The summed E-state index contributed by atoms with van der Waals surface area (Å²) in [6.45, 7) is 0. The van der Waals surface area contributed by atoms with Gasteiger partial charge >= 0.3 is 0 Å². The number of tetrazole rings is 1. The highest BCUT2D eigenvalue weighted by atomic mass is 16.5. The lowest BCUT2D eigenvalue weighted by atomic mass is 10.2. The number of furan rings is 1. The molecule has 1 amide bonds. The van der Waals surface area contributed by atoms with Crippen molar-refractivity contribution in [2.45, 2.75) is 0 Å². The summed E-state index contributed by atoms with van der Waals surface area (Å²) in [7, 11) is 3.06. The molecule has 4 aromatic rings. The number of nitrogens with one attached hydrogen (secondary N) is 1. The van der Waals surface area contributed by atoms with Crippen molar-refractivity contribution in [3.05, 3.63) is 72.7 Å². The van der Waals surface area contributed by atoms with Crippen LogP contribution >= 0.6 is 0 Å². The number of carbonyl (C=O) groups is 1. The molecule has 0 fully saturated rings. The summed E-state index contributed by atoms with van der Waals surface area (Å²) in [5, 5.41) is 14.7. The molecule has 0 radical (unpaired) electrons. The van der Waals surface area contributed by atoms with Gasteiger partial charge in [-0.1, -0.05) is 30.3 Å². The van der Waals surface area contributed by atoms with Gasteiger partial charge in [-0.25, -0.2) is 0 Å². The highest BCUT2D eigenvalue weighted by Crippen LogP contribution is 2.30. The molecule has 0 aliphatic carbocycles. The smallest absolute Gasteiger partial charge is 0.274 e. The number of amides is 1. The summed E-state index contributed by atoms with van der Waals surface area (Å²) in [5.41, 5.74) is 1.35. The van der Waals surface area contributed by atoms with E-state index in [1.165, 1.54) is 18.1 Å². The van der Waals surface area contributed by atoms with Crippen LogP contribution in [-0.4, -0.2) is 40.3 Å². The average Bonchev–Trinajstić information content (AvgIpc) is 3.50. The molecular formula is C22H19N5O4. The van der Waals surface area contributed by atoms with Crippen molar-refractivity contribution < 1.29 is 18.7 Å². The molecule has 1 N–H and O–H groups in total. The summed E-state index contributed by atoms with van der Waals surface area (Å²) in [5.74, 6) is 1.46. The summed E-state index contributed by atoms with van der Waals surface area (Å²) < 4.78 is 17.4. The van der Waals surface area contributed by atoms with Crippen LogP contribution < -0.4 is 14.8 Å². The summed E-state index contributed by atoms with van der Waals surface area (Å²) >= 11 is 0. The minimum Gasteiger partial charge on any atom is -0.497 e. The second-order valence-electron chi connectivity index (χ2n) is 6.35. The van der Waals surface area contributed by atoms with Crippen molar-refractivity contribution in [2.24, 2.45) is 0 Å². The van der Waals surface area contributed by atoms with E-state index in [-0.39, 0.29) is 5.70 Å². The Morgan fingerprint density at radius 1 is 1.06 bits per heavy atom. The molecule has 0 saturated heterocycles. The Bertz CT molecular complexity index is 1200. The van der Waals surface area contributed by atoms with E-state index in [1.807, 2.05) is 30.3 Å². The molecule has 31 heavy (non-hydrogen) atoms. The van der Waals surface area contributed by atoms with Crippen LogP contribution in [0.2, 0.25) is 0 Å². The number of ether oxygens (including phenoxy) is 2. The van der Waals surface area contributed by atoms with Crippen molar-refractivity contribution in [3.63, 3.8) is 0 Å². The Labute approximate surface area is 177 Å². The number of benzene rings is 2. The maximum atomic E-state index is 13.4. The van der Waals surface area contributed by atoms with E-state index in [2.05, 4.69) is 20.8 Å². The summed E-state index contributed by atoms with van der Waals surface area (Å²) in [4.78, 5) is 13.4. The molecule has 2 heterocycles. The van der Waals surface area contributed by atoms with E-state index in [4.69, 9.17) is 13.9 Å². The Morgan fingerprint density at radius 3 is 2.61 bits per heavy atom. The molecule has 0 aliphatic heterocycles. The molecule has 9 nitrogen and oxygen atoms in total. The maximum Gasteiger partial charge on any atom is 0.274 e. The van der Waals surface area contributed by atoms with E-state index in [0.29, 0.717) is 28.8 Å². The molecular weight excluding hydrogens is 398 g/mol. The number of nitrogens with zero attached hydrogens (tertiary/aromatic N) is 4. The first kappa shape index (κ1) is 19.9. The predicted octanol–water partition coefficient (Wildman–Crippen LogP) is 3.59. The van der Waals surface area contributed by atoms with Gasteiger partial charge in [0.05, 0.1) is 26.2 Å². The molecule has 0 saturated carbocycles. The van der Waals surface area contributed by atoms with Crippen LogP contribution in [0.15, 0.2) is 71.3 Å². The number of carbonyl (C=O) groups excluding carboxylic acids is 1. The van der Waals surface area contributed by atoms with Gasteiger partial charge in [-0.2, -0.15) is 4.68 Å². The van der Waals surface area contributed by atoms with E-state index in [0.717, 1.165) is 5.56 Å². The number of aromatic nitrogens is 4. The zero-order valence-corrected chi connectivity index (χ0v) is 16.9. The minimum absolute atomic E-state index is 0.156. The van der Waals surface area contributed by atoms with Crippen LogP contribution in [0.1, 0.15) is 5.76 Å². The third-order valence-electron chi connectivity index (χ3n) is 4.44. The standard InChI is InChI=1S/C22H19N5O4/c1-29-16-10-11-20(30-2)18(13-16)23-22(28)19(14-17-9-6-12-31-17)27-21(24-25-26-27)15-7-4-3-5-8-15/h3-14H,1-2H3,(H,23,28)/b19-14+. The minimum atomic E-state index is -0.465. The van der Waals surface area contributed by atoms with Gasteiger partial charge in [0.1, 0.15) is 23.0 Å². The molecule has 0 unspecified atom stereocenters. The molecule has 0 aliphatic rings. The largest absolute Gasteiger partial charge is 0.497 e. The highest BCUT2D eigenvalue weighted by Gasteiger charge is 2.21. The summed E-state index contributed by atoms with van der Waals surface area (Å²) in [6, 6.07) is 17.9. The lowest BCUT2D eigenvalue weighted by molar-refractivity contribution is -0.111. The van der Waals surface area contributed by atoms with E-state index in [9.17, 15) is 4.79 Å². The second kappa shape index (κ2) is 8.95. The van der Waals surface area contributed by atoms with E-state index < -0.39 is 5.91 Å². The van der Waals surface area contributed by atoms with Gasteiger partial charge in [-0.3, -0.25) is 4.79 Å². The van der Waals surface area contributed by atoms with Gasteiger partial charge in [0, 0.05) is 17.7 Å². The van der Waals surface area contributed by atoms with Gasteiger partial charge in [0.25, 0.3) is 5.91 Å². The first-order chi connectivity index (χ1) is 15.2. The third kappa shape index (κ3) is 4.30. The zero-order chi connectivity index (χ0) is 21.6. The van der Waals surface area contributed by atoms with Crippen LogP contribution in [0.25, 0.3) is 23.2 Å². The fraction of sp³-hybridized carbons (Fsp3) is 0.0909. The SMILES string of the molecule is COc1ccc(OC)c(NC(=O)/C(=C\c2ccco2)n2nnnc2-c2ccccc2)c1. The second-order valence-corrected chi connectivity index (χ2v) is 6.35. The fourth-order valence-corrected chi connectivity index (χ4v) is 2.95. The normalized spacial score (nSPS) is 11.2. The number of methoxy groups -OCH3 is 2. The van der Waals surface area contributed by atoms with Crippen molar-refractivity contribution in [2.75, 3.05) is 19.5 Å². The van der Waals surface area contributed by atoms with Crippen LogP contribution in [0.5, 0.6) is 11.5 Å². The van der Waals surface area contributed by atoms with Gasteiger partial charge in [0.15, 0.2) is 5.82 Å². The number of rotatable bonds is 7. The number of hydrogen-bond donors (Lipinski definition) is 1. The highest BCUT2D eigenvalue weighted by molar-refractivity contribution is 6.24. The fourth-order valence-electron chi connectivity index (χ4n) is 2.95. The quantitative estimate of drug-likeness (QED) is 0.458. The Morgan fingerprint density at radius 2 is 1.90 bits per heavy atom. The molecule has 2 aromatic heterocycles.